The predicted molar refractivity (Wildman–Crippen MR) is 83.0 cm³/mol. The number of aromatic hydroxyl groups is 1. The highest BCUT2D eigenvalue weighted by Gasteiger charge is 2.16. The number of hydrogen-bond acceptors (Lipinski definition) is 4. The van der Waals surface area contributed by atoms with Gasteiger partial charge in [0.1, 0.15) is 17.1 Å². The van der Waals surface area contributed by atoms with Crippen LogP contribution in [-0.4, -0.2) is 23.6 Å². The van der Waals surface area contributed by atoms with E-state index >= 15 is 0 Å². The smallest absolute Gasteiger partial charge is 0.341 e. The summed E-state index contributed by atoms with van der Waals surface area (Å²) >= 11 is 0. The van der Waals surface area contributed by atoms with Crippen molar-refractivity contribution < 1.29 is 23.8 Å². The van der Waals surface area contributed by atoms with Crippen LogP contribution in [0.5, 0.6) is 5.75 Å². The Bertz CT molecular complexity index is 730. The number of benzene rings is 2. The van der Waals surface area contributed by atoms with Crippen molar-refractivity contribution in [3.05, 3.63) is 59.4 Å². The quantitative estimate of drug-likeness (QED) is 0.655. The Morgan fingerprint density at radius 3 is 2.61 bits per heavy atom. The van der Waals surface area contributed by atoms with Gasteiger partial charge in [-0.25, -0.2) is 9.18 Å². The topological polar surface area (TPSA) is 75.6 Å². The molecule has 0 aliphatic heterocycles. The van der Waals surface area contributed by atoms with Gasteiger partial charge in [-0.2, -0.15) is 0 Å². The fourth-order valence-electron chi connectivity index (χ4n) is 1.89. The molecule has 0 heterocycles. The summed E-state index contributed by atoms with van der Waals surface area (Å²) in [6.45, 7) is 2.07. The van der Waals surface area contributed by atoms with Crippen LogP contribution in [0.2, 0.25) is 0 Å². The molecule has 2 aromatic carbocycles. The molecule has 120 valence electrons. The van der Waals surface area contributed by atoms with Crippen molar-refractivity contribution in [3.63, 3.8) is 0 Å². The maximum Gasteiger partial charge on any atom is 0.341 e. The van der Waals surface area contributed by atoms with Crippen LogP contribution >= 0.6 is 0 Å². The van der Waals surface area contributed by atoms with Crippen LogP contribution in [-0.2, 0) is 4.74 Å². The minimum absolute atomic E-state index is 0.0650. The molecule has 6 heteroatoms. The Labute approximate surface area is 132 Å². The Hall–Kier alpha value is -2.89. The summed E-state index contributed by atoms with van der Waals surface area (Å²) in [5.74, 6) is -2.24. The first-order valence-electron chi connectivity index (χ1n) is 7.09. The minimum Gasteiger partial charge on any atom is -0.507 e. The summed E-state index contributed by atoms with van der Waals surface area (Å²) in [5.41, 5.74) is 0.0694. The number of anilines is 1. The number of phenolic OH excluding ortho intramolecular Hbond substituents is 1. The fourth-order valence-corrected chi connectivity index (χ4v) is 1.89. The molecule has 5 nitrogen and oxygen atoms in total. The number of phenols is 1. The lowest BCUT2D eigenvalue weighted by atomic mass is 10.1. The molecule has 0 aliphatic carbocycles. The first-order chi connectivity index (χ1) is 11.0. The van der Waals surface area contributed by atoms with Gasteiger partial charge in [0.05, 0.1) is 12.2 Å². The zero-order valence-corrected chi connectivity index (χ0v) is 12.5. The highest BCUT2D eigenvalue weighted by Crippen LogP contribution is 2.23. The van der Waals surface area contributed by atoms with E-state index in [0.29, 0.717) is 6.42 Å². The van der Waals surface area contributed by atoms with Crippen molar-refractivity contribution in [2.75, 3.05) is 11.9 Å². The third kappa shape index (κ3) is 4.06. The molecule has 0 spiro atoms. The molecule has 0 atom stereocenters. The van der Waals surface area contributed by atoms with Crippen molar-refractivity contribution in [2.24, 2.45) is 0 Å². The number of carbonyl (C=O) groups is 2. The zero-order valence-electron chi connectivity index (χ0n) is 12.5. The summed E-state index contributed by atoms with van der Waals surface area (Å²) < 4.78 is 18.5. The molecule has 0 saturated heterocycles. The molecule has 0 aromatic heterocycles. The van der Waals surface area contributed by atoms with Gasteiger partial charge in [0.15, 0.2) is 0 Å². The third-order valence-electron chi connectivity index (χ3n) is 3.03. The van der Waals surface area contributed by atoms with Crippen molar-refractivity contribution >= 4 is 17.6 Å². The minimum atomic E-state index is -0.689. The van der Waals surface area contributed by atoms with Crippen molar-refractivity contribution in [2.45, 2.75) is 13.3 Å². The molecule has 2 N–H and O–H groups in total. The fraction of sp³-hybridized carbons (Fsp3) is 0.176. The largest absolute Gasteiger partial charge is 0.507 e. The summed E-state index contributed by atoms with van der Waals surface area (Å²) in [6.07, 6.45) is 0.649. The highest BCUT2D eigenvalue weighted by molar-refractivity contribution is 6.05. The molecule has 23 heavy (non-hydrogen) atoms. The second kappa shape index (κ2) is 7.40. The van der Waals surface area contributed by atoms with Crippen molar-refractivity contribution in [3.8, 4) is 5.75 Å². The van der Waals surface area contributed by atoms with Crippen LogP contribution in [0.3, 0.4) is 0 Å². The Balaban J connectivity index is 2.19. The molecule has 2 rings (SSSR count). The van der Waals surface area contributed by atoms with Gasteiger partial charge in [-0.3, -0.25) is 4.79 Å². The lowest BCUT2D eigenvalue weighted by Gasteiger charge is -2.09. The molecule has 0 aliphatic rings. The number of carbonyl (C=O) groups excluding carboxylic acids is 2. The number of nitrogens with one attached hydrogen (secondary N) is 1. The Kier molecular flexibility index (Phi) is 5.30. The van der Waals surface area contributed by atoms with E-state index < -0.39 is 17.7 Å². The van der Waals surface area contributed by atoms with E-state index in [9.17, 15) is 19.1 Å². The van der Waals surface area contributed by atoms with E-state index in [0.717, 1.165) is 0 Å². The van der Waals surface area contributed by atoms with Crippen LogP contribution in [0.15, 0.2) is 42.5 Å². The molecule has 0 saturated carbocycles. The first kappa shape index (κ1) is 16.5. The summed E-state index contributed by atoms with van der Waals surface area (Å²) in [5, 5.41) is 12.2. The normalized spacial score (nSPS) is 10.2. The molecular weight excluding hydrogens is 301 g/mol. The standard InChI is InChI=1S/C17H16FNO4/c1-2-9-23-17(22)13-10-11(7-8-15(13)20)19-16(21)12-5-3-4-6-14(12)18/h3-8,10,20H,2,9H2,1H3,(H,19,21). The van der Waals surface area contributed by atoms with Crippen LogP contribution in [0.4, 0.5) is 10.1 Å². The predicted octanol–water partition coefficient (Wildman–Crippen LogP) is 3.35. The van der Waals surface area contributed by atoms with Gasteiger partial charge in [-0.1, -0.05) is 19.1 Å². The maximum absolute atomic E-state index is 13.6. The molecule has 0 unspecified atom stereocenters. The van der Waals surface area contributed by atoms with Crippen molar-refractivity contribution in [1.29, 1.82) is 0 Å². The van der Waals surface area contributed by atoms with Crippen LogP contribution in [0.25, 0.3) is 0 Å². The molecule has 0 fully saturated rings. The zero-order chi connectivity index (χ0) is 16.8. The SMILES string of the molecule is CCCOC(=O)c1cc(NC(=O)c2ccccc2F)ccc1O. The summed E-state index contributed by atoms with van der Waals surface area (Å²) in [7, 11) is 0. The molecule has 2 aromatic rings. The van der Waals surface area contributed by atoms with Gasteiger partial charge in [-0.05, 0) is 36.8 Å². The monoisotopic (exact) mass is 317 g/mol. The summed E-state index contributed by atoms with van der Waals surface area (Å²) in [4.78, 5) is 23.9. The van der Waals surface area contributed by atoms with Gasteiger partial charge in [0.25, 0.3) is 5.91 Å². The van der Waals surface area contributed by atoms with E-state index in [1.165, 1.54) is 36.4 Å². The second-order valence-corrected chi connectivity index (χ2v) is 4.80. The lowest BCUT2D eigenvalue weighted by molar-refractivity contribution is 0.0501. The average molecular weight is 317 g/mol. The maximum atomic E-state index is 13.6. The number of halogens is 1. The number of amides is 1. The van der Waals surface area contributed by atoms with Gasteiger partial charge < -0.3 is 15.2 Å². The Morgan fingerprint density at radius 1 is 1.17 bits per heavy atom. The molecular formula is C17H16FNO4. The van der Waals surface area contributed by atoms with Crippen LogP contribution in [0, 0.1) is 5.82 Å². The molecule has 1 amide bonds. The number of hydrogen-bond donors (Lipinski definition) is 2. The lowest BCUT2D eigenvalue weighted by Crippen LogP contribution is -2.14. The molecule has 0 bridgehead atoms. The van der Waals surface area contributed by atoms with Gasteiger partial charge in [-0.15, -0.1) is 0 Å². The first-order valence-corrected chi connectivity index (χ1v) is 7.09. The van der Waals surface area contributed by atoms with E-state index in [2.05, 4.69) is 5.32 Å². The van der Waals surface area contributed by atoms with E-state index in [1.807, 2.05) is 6.92 Å². The number of ether oxygens (including phenoxy) is 1. The van der Waals surface area contributed by atoms with Gasteiger partial charge in [0, 0.05) is 5.69 Å². The van der Waals surface area contributed by atoms with E-state index in [4.69, 9.17) is 4.74 Å². The highest BCUT2D eigenvalue weighted by atomic mass is 19.1. The Morgan fingerprint density at radius 2 is 1.91 bits per heavy atom. The van der Waals surface area contributed by atoms with E-state index in [-0.39, 0.29) is 29.2 Å². The molecule has 0 radical (unpaired) electrons. The average Bonchev–Trinajstić information content (AvgIpc) is 2.54. The van der Waals surface area contributed by atoms with E-state index in [1.54, 1.807) is 6.07 Å². The van der Waals surface area contributed by atoms with Crippen molar-refractivity contribution in [1.82, 2.24) is 0 Å². The summed E-state index contributed by atoms with van der Waals surface area (Å²) in [6, 6.07) is 9.51. The second-order valence-electron chi connectivity index (χ2n) is 4.80. The third-order valence-corrected chi connectivity index (χ3v) is 3.03. The number of esters is 1. The van der Waals surface area contributed by atoms with Gasteiger partial charge >= 0.3 is 5.97 Å². The van der Waals surface area contributed by atoms with Gasteiger partial charge in [0.2, 0.25) is 0 Å². The number of rotatable bonds is 5. The van der Waals surface area contributed by atoms with Crippen LogP contribution in [0.1, 0.15) is 34.1 Å². The van der Waals surface area contributed by atoms with Crippen LogP contribution < -0.4 is 5.32 Å².